The van der Waals surface area contributed by atoms with Gasteiger partial charge >= 0.3 is 6.18 Å². The predicted octanol–water partition coefficient (Wildman–Crippen LogP) is 2.75. The van der Waals surface area contributed by atoms with Gasteiger partial charge in [0.1, 0.15) is 9.88 Å². The zero-order valence-corrected chi connectivity index (χ0v) is 12.1. The molecule has 1 saturated heterocycles. The normalized spacial score (nSPS) is 22.3. The van der Waals surface area contributed by atoms with Gasteiger partial charge in [-0.15, -0.1) is 23.7 Å². The predicted molar refractivity (Wildman–Crippen MR) is 71.4 cm³/mol. The molecule has 0 bridgehead atoms. The molecule has 8 heteroatoms. The lowest BCUT2D eigenvalue weighted by Gasteiger charge is -2.16. The SMILES string of the molecule is CC(N)C1CCN(Cc2ncc(C(F)(F)F)s2)C1.Cl. The van der Waals surface area contributed by atoms with Crippen LogP contribution in [0, 0.1) is 5.92 Å². The topological polar surface area (TPSA) is 42.1 Å². The molecule has 1 aromatic rings. The minimum absolute atomic E-state index is 0. The first-order valence-corrected chi connectivity index (χ1v) is 6.67. The summed E-state index contributed by atoms with van der Waals surface area (Å²) >= 11 is 0.727. The van der Waals surface area contributed by atoms with Crippen molar-refractivity contribution in [3.05, 3.63) is 16.1 Å². The van der Waals surface area contributed by atoms with Crippen LogP contribution in [-0.4, -0.2) is 29.0 Å². The van der Waals surface area contributed by atoms with E-state index in [1.807, 2.05) is 6.92 Å². The van der Waals surface area contributed by atoms with Gasteiger partial charge in [-0.05, 0) is 25.8 Å². The first-order chi connectivity index (χ1) is 8.36. The molecule has 1 aliphatic heterocycles. The van der Waals surface area contributed by atoms with Gasteiger partial charge in [0.05, 0.1) is 12.7 Å². The Morgan fingerprint density at radius 2 is 2.26 bits per heavy atom. The number of alkyl halides is 3. The average molecular weight is 316 g/mol. The van der Waals surface area contributed by atoms with Crippen molar-refractivity contribution in [1.82, 2.24) is 9.88 Å². The molecule has 2 unspecified atom stereocenters. The minimum atomic E-state index is -4.28. The molecule has 3 nitrogen and oxygen atoms in total. The van der Waals surface area contributed by atoms with Crippen molar-refractivity contribution in [3.8, 4) is 0 Å². The van der Waals surface area contributed by atoms with Gasteiger partial charge in [0.2, 0.25) is 0 Å². The highest BCUT2D eigenvalue weighted by atomic mass is 35.5. The molecule has 0 aromatic carbocycles. The molecule has 110 valence electrons. The maximum atomic E-state index is 12.4. The van der Waals surface area contributed by atoms with Gasteiger partial charge in [-0.2, -0.15) is 13.2 Å². The number of aromatic nitrogens is 1. The van der Waals surface area contributed by atoms with Crippen LogP contribution in [0.25, 0.3) is 0 Å². The van der Waals surface area contributed by atoms with Gasteiger partial charge in [-0.3, -0.25) is 4.90 Å². The van der Waals surface area contributed by atoms with E-state index in [-0.39, 0.29) is 18.4 Å². The van der Waals surface area contributed by atoms with Crippen molar-refractivity contribution in [2.75, 3.05) is 13.1 Å². The number of likely N-dealkylation sites (tertiary alicyclic amines) is 1. The highest BCUT2D eigenvalue weighted by Gasteiger charge is 2.33. The van der Waals surface area contributed by atoms with Crippen LogP contribution in [0.1, 0.15) is 23.2 Å². The molecule has 2 rings (SSSR count). The zero-order valence-electron chi connectivity index (χ0n) is 10.5. The first kappa shape index (κ1) is 16.7. The Bertz CT molecular complexity index is 408. The Balaban J connectivity index is 0.00000180. The van der Waals surface area contributed by atoms with Crippen molar-refractivity contribution in [3.63, 3.8) is 0 Å². The molecule has 1 fully saturated rings. The Kier molecular flexibility index (Phi) is 5.61. The second-order valence-corrected chi connectivity index (χ2v) is 5.87. The van der Waals surface area contributed by atoms with E-state index in [0.717, 1.165) is 37.0 Å². The van der Waals surface area contributed by atoms with E-state index in [1.54, 1.807) is 0 Å². The molecular formula is C11H17ClF3N3S. The number of thiazole rings is 1. The molecule has 19 heavy (non-hydrogen) atoms. The summed E-state index contributed by atoms with van der Waals surface area (Å²) in [5.41, 5.74) is 5.83. The molecule has 2 N–H and O–H groups in total. The van der Waals surface area contributed by atoms with Crippen LogP contribution >= 0.6 is 23.7 Å². The van der Waals surface area contributed by atoms with E-state index in [0.29, 0.717) is 17.5 Å². The highest BCUT2D eigenvalue weighted by molar-refractivity contribution is 7.11. The molecule has 0 aliphatic carbocycles. The van der Waals surface area contributed by atoms with E-state index in [2.05, 4.69) is 9.88 Å². The van der Waals surface area contributed by atoms with Gasteiger partial charge in [-0.1, -0.05) is 0 Å². The Labute approximate surface area is 120 Å². The average Bonchev–Trinajstić information content (AvgIpc) is 2.85. The summed E-state index contributed by atoms with van der Waals surface area (Å²) in [5.74, 6) is 0.437. The third-order valence-electron chi connectivity index (χ3n) is 3.24. The zero-order chi connectivity index (χ0) is 13.3. The van der Waals surface area contributed by atoms with Crippen molar-refractivity contribution < 1.29 is 13.2 Å². The fraction of sp³-hybridized carbons (Fsp3) is 0.727. The summed E-state index contributed by atoms with van der Waals surface area (Å²) in [5, 5.41) is 0.521. The standard InChI is InChI=1S/C11H16F3N3S.ClH/c1-7(15)8-2-3-17(5-8)6-10-16-4-9(18-10)11(12,13)14;/h4,7-8H,2-3,5-6,15H2,1H3;1H. The maximum Gasteiger partial charge on any atom is 0.427 e. The second-order valence-electron chi connectivity index (χ2n) is 4.76. The minimum Gasteiger partial charge on any atom is -0.328 e. The van der Waals surface area contributed by atoms with E-state index in [9.17, 15) is 13.2 Å². The Morgan fingerprint density at radius 1 is 1.58 bits per heavy atom. The fourth-order valence-electron chi connectivity index (χ4n) is 2.14. The van der Waals surface area contributed by atoms with E-state index in [4.69, 9.17) is 5.73 Å². The van der Waals surface area contributed by atoms with Gasteiger partial charge < -0.3 is 5.73 Å². The lowest BCUT2D eigenvalue weighted by Crippen LogP contribution is -2.29. The van der Waals surface area contributed by atoms with Crippen molar-refractivity contribution >= 4 is 23.7 Å². The Morgan fingerprint density at radius 3 is 2.74 bits per heavy atom. The summed E-state index contributed by atoms with van der Waals surface area (Å²) in [6.07, 6.45) is -2.36. The first-order valence-electron chi connectivity index (χ1n) is 5.86. The summed E-state index contributed by atoms with van der Waals surface area (Å²) < 4.78 is 37.3. The fourth-order valence-corrected chi connectivity index (χ4v) is 2.97. The molecule has 0 radical (unpaired) electrons. The second kappa shape index (κ2) is 6.39. The smallest absolute Gasteiger partial charge is 0.328 e. The summed E-state index contributed by atoms with van der Waals surface area (Å²) in [4.78, 5) is 5.34. The summed E-state index contributed by atoms with van der Waals surface area (Å²) in [6.45, 7) is 4.19. The van der Waals surface area contributed by atoms with E-state index >= 15 is 0 Å². The van der Waals surface area contributed by atoms with Crippen molar-refractivity contribution in [2.24, 2.45) is 11.7 Å². The molecular weight excluding hydrogens is 299 g/mol. The molecule has 1 aliphatic rings. The number of rotatable bonds is 3. The largest absolute Gasteiger partial charge is 0.427 e. The van der Waals surface area contributed by atoms with Crippen LogP contribution in [0.4, 0.5) is 13.2 Å². The van der Waals surface area contributed by atoms with Crippen LogP contribution in [0.2, 0.25) is 0 Å². The van der Waals surface area contributed by atoms with Crippen LogP contribution in [0.3, 0.4) is 0 Å². The van der Waals surface area contributed by atoms with Gasteiger partial charge in [0.15, 0.2) is 0 Å². The lowest BCUT2D eigenvalue weighted by atomic mass is 10.0. The summed E-state index contributed by atoms with van der Waals surface area (Å²) in [7, 11) is 0. The van der Waals surface area contributed by atoms with Crippen molar-refractivity contribution in [1.29, 1.82) is 0 Å². The number of hydrogen-bond acceptors (Lipinski definition) is 4. The number of nitrogens with zero attached hydrogens (tertiary/aromatic N) is 2. The monoisotopic (exact) mass is 315 g/mol. The molecule has 2 atom stereocenters. The number of nitrogens with two attached hydrogens (primary N) is 1. The quantitative estimate of drug-likeness (QED) is 0.932. The maximum absolute atomic E-state index is 12.4. The van der Waals surface area contributed by atoms with Crippen LogP contribution in [0.15, 0.2) is 6.20 Å². The van der Waals surface area contributed by atoms with Crippen LogP contribution in [0.5, 0.6) is 0 Å². The van der Waals surface area contributed by atoms with Crippen LogP contribution in [-0.2, 0) is 12.7 Å². The number of halogens is 4. The third-order valence-corrected chi connectivity index (χ3v) is 4.27. The lowest BCUT2D eigenvalue weighted by molar-refractivity contribution is -0.134. The van der Waals surface area contributed by atoms with Gasteiger partial charge in [0, 0.05) is 12.6 Å². The third kappa shape index (κ3) is 4.30. The molecule has 0 spiro atoms. The summed E-state index contributed by atoms with van der Waals surface area (Å²) in [6, 6.07) is 0.136. The van der Waals surface area contributed by atoms with Crippen molar-refractivity contribution in [2.45, 2.75) is 32.1 Å². The van der Waals surface area contributed by atoms with Gasteiger partial charge in [0.25, 0.3) is 0 Å². The van der Waals surface area contributed by atoms with Gasteiger partial charge in [-0.25, -0.2) is 4.98 Å². The number of hydrogen-bond donors (Lipinski definition) is 1. The molecule has 0 saturated carbocycles. The molecule has 1 aromatic heterocycles. The van der Waals surface area contributed by atoms with Crippen LogP contribution < -0.4 is 5.73 Å². The van der Waals surface area contributed by atoms with E-state index < -0.39 is 11.1 Å². The molecule has 0 amide bonds. The Hall–Kier alpha value is -0.370. The molecule has 2 heterocycles. The highest BCUT2D eigenvalue weighted by Crippen LogP contribution is 2.34. The van der Waals surface area contributed by atoms with E-state index in [1.165, 1.54) is 0 Å².